The van der Waals surface area contributed by atoms with Gasteiger partial charge < -0.3 is 10.6 Å². The van der Waals surface area contributed by atoms with Crippen molar-refractivity contribution in [3.05, 3.63) is 0 Å². The number of carbonyl (C=O) groups is 1. The molecule has 1 heterocycles. The molecular weight excluding hydrogens is 236 g/mol. The van der Waals surface area contributed by atoms with Gasteiger partial charge in [-0.05, 0) is 43.9 Å². The fourth-order valence-electron chi connectivity index (χ4n) is 2.93. The molecule has 0 radical (unpaired) electrons. The second-order valence-electron chi connectivity index (χ2n) is 7.40. The van der Waals surface area contributed by atoms with Crippen molar-refractivity contribution in [3.63, 3.8) is 0 Å². The molecule has 1 aliphatic heterocycles. The molecule has 0 aliphatic carbocycles. The molecule has 1 amide bonds. The van der Waals surface area contributed by atoms with Gasteiger partial charge >= 0.3 is 0 Å². The highest BCUT2D eigenvalue weighted by atomic mass is 16.2. The molecule has 0 aromatic rings. The third kappa shape index (κ3) is 3.95. The van der Waals surface area contributed by atoms with E-state index < -0.39 is 0 Å². The molecule has 1 rings (SSSR count). The van der Waals surface area contributed by atoms with E-state index in [0.29, 0.717) is 12.0 Å². The number of hydrogen-bond acceptors (Lipinski definition) is 2. The third-order valence-corrected chi connectivity index (χ3v) is 4.99. The highest BCUT2D eigenvalue weighted by Gasteiger charge is 2.35. The van der Waals surface area contributed by atoms with Crippen LogP contribution in [0.15, 0.2) is 0 Å². The Labute approximate surface area is 118 Å². The van der Waals surface area contributed by atoms with Crippen LogP contribution in [0.1, 0.15) is 60.3 Å². The smallest absolute Gasteiger partial charge is 0.229 e. The molecule has 1 saturated heterocycles. The molecule has 1 fully saturated rings. The number of nitrogens with zero attached hydrogens (tertiary/aromatic N) is 1. The van der Waals surface area contributed by atoms with Crippen LogP contribution < -0.4 is 5.73 Å². The summed E-state index contributed by atoms with van der Waals surface area (Å²) in [6, 6.07) is 0. The summed E-state index contributed by atoms with van der Waals surface area (Å²) in [6.07, 6.45) is 4.30. The Morgan fingerprint density at radius 1 is 1.21 bits per heavy atom. The lowest BCUT2D eigenvalue weighted by molar-refractivity contribution is -0.141. The van der Waals surface area contributed by atoms with Crippen LogP contribution in [-0.2, 0) is 4.79 Å². The van der Waals surface area contributed by atoms with Crippen molar-refractivity contribution in [2.75, 3.05) is 19.6 Å². The predicted octanol–water partition coefficient (Wildman–Crippen LogP) is 3.04. The summed E-state index contributed by atoms with van der Waals surface area (Å²) in [5.41, 5.74) is 5.79. The summed E-state index contributed by atoms with van der Waals surface area (Å²) in [4.78, 5) is 14.7. The first kappa shape index (κ1) is 16.5. The minimum Gasteiger partial charge on any atom is -0.342 e. The largest absolute Gasteiger partial charge is 0.342 e. The second kappa shape index (κ2) is 6.25. The molecule has 112 valence electrons. The summed E-state index contributed by atoms with van der Waals surface area (Å²) < 4.78 is 0. The molecule has 3 nitrogen and oxygen atoms in total. The lowest BCUT2D eigenvalue weighted by Gasteiger charge is -2.33. The normalized spacial score (nSPS) is 24.7. The molecule has 0 aromatic carbocycles. The summed E-state index contributed by atoms with van der Waals surface area (Å²) in [7, 11) is 0. The predicted molar refractivity (Wildman–Crippen MR) is 80.8 cm³/mol. The van der Waals surface area contributed by atoms with Crippen LogP contribution in [0.4, 0.5) is 0 Å². The summed E-state index contributed by atoms with van der Waals surface area (Å²) in [6.45, 7) is 13.2. The van der Waals surface area contributed by atoms with Crippen molar-refractivity contribution in [2.24, 2.45) is 22.5 Å². The van der Waals surface area contributed by atoms with Gasteiger partial charge in [0.25, 0.3) is 0 Å². The van der Waals surface area contributed by atoms with E-state index in [1.165, 1.54) is 6.42 Å². The molecule has 3 heteroatoms. The van der Waals surface area contributed by atoms with E-state index in [1.807, 2.05) is 6.92 Å². The molecule has 0 saturated carbocycles. The molecular formula is C16H32N2O. The monoisotopic (exact) mass is 268 g/mol. The van der Waals surface area contributed by atoms with Crippen LogP contribution >= 0.6 is 0 Å². The molecule has 2 N–H and O–H groups in total. The lowest BCUT2D eigenvalue weighted by atomic mass is 9.77. The molecule has 19 heavy (non-hydrogen) atoms. The fraction of sp³-hybridized carbons (Fsp3) is 0.938. The van der Waals surface area contributed by atoms with Crippen molar-refractivity contribution in [2.45, 2.75) is 60.3 Å². The number of likely N-dealkylation sites (tertiary alicyclic amines) is 1. The van der Waals surface area contributed by atoms with Crippen molar-refractivity contribution in [1.29, 1.82) is 0 Å². The Morgan fingerprint density at radius 3 is 2.32 bits per heavy atom. The van der Waals surface area contributed by atoms with Gasteiger partial charge in [0.1, 0.15) is 0 Å². The van der Waals surface area contributed by atoms with E-state index in [0.717, 1.165) is 38.3 Å². The maximum atomic E-state index is 12.6. The Kier molecular flexibility index (Phi) is 5.43. The Morgan fingerprint density at radius 2 is 1.84 bits per heavy atom. The van der Waals surface area contributed by atoms with Crippen LogP contribution in [-0.4, -0.2) is 30.4 Å². The minimum absolute atomic E-state index is 0.257. The van der Waals surface area contributed by atoms with E-state index >= 15 is 0 Å². The van der Waals surface area contributed by atoms with E-state index in [4.69, 9.17) is 5.73 Å². The van der Waals surface area contributed by atoms with Crippen LogP contribution in [0.5, 0.6) is 0 Å². The van der Waals surface area contributed by atoms with Crippen molar-refractivity contribution in [1.82, 2.24) is 4.90 Å². The number of hydrogen-bond donors (Lipinski definition) is 1. The third-order valence-electron chi connectivity index (χ3n) is 4.99. The van der Waals surface area contributed by atoms with Crippen molar-refractivity contribution in [3.8, 4) is 0 Å². The second-order valence-corrected chi connectivity index (χ2v) is 7.40. The highest BCUT2D eigenvalue weighted by Crippen LogP contribution is 2.35. The Balaban J connectivity index is 2.70. The molecule has 0 bridgehead atoms. The summed E-state index contributed by atoms with van der Waals surface area (Å²) >= 11 is 0. The quantitative estimate of drug-likeness (QED) is 0.855. The number of rotatable bonds is 3. The first-order chi connectivity index (χ1) is 8.74. The number of carbonyl (C=O) groups excluding carboxylic acids is 1. The molecule has 1 aliphatic rings. The standard InChI is InChI=1S/C16H32N2O/c1-6-16(5,12-17)14(19)18-10-7-8-13(9-11-18)15(2,3)4/h13H,6-12,17H2,1-5H3. The molecule has 0 aromatic heterocycles. The highest BCUT2D eigenvalue weighted by molar-refractivity contribution is 5.82. The van der Waals surface area contributed by atoms with Gasteiger partial charge in [-0.15, -0.1) is 0 Å². The van der Waals surface area contributed by atoms with E-state index in [-0.39, 0.29) is 11.3 Å². The van der Waals surface area contributed by atoms with Gasteiger partial charge in [-0.3, -0.25) is 4.79 Å². The maximum absolute atomic E-state index is 12.6. The van der Waals surface area contributed by atoms with E-state index in [9.17, 15) is 4.79 Å². The maximum Gasteiger partial charge on any atom is 0.229 e. The van der Waals surface area contributed by atoms with Crippen LogP contribution in [0.25, 0.3) is 0 Å². The molecule has 2 unspecified atom stereocenters. The van der Waals surface area contributed by atoms with Gasteiger partial charge in [-0.2, -0.15) is 0 Å². The lowest BCUT2D eigenvalue weighted by Crippen LogP contribution is -2.46. The fourth-order valence-corrected chi connectivity index (χ4v) is 2.93. The van der Waals surface area contributed by atoms with Crippen molar-refractivity contribution < 1.29 is 4.79 Å². The SMILES string of the molecule is CCC(C)(CN)C(=O)N1CCCC(C(C)(C)C)CC1. The van der Waals surface area contributed by atoms with Crippen LogP contribution in [0, 0.1) is 16.7 Å². The summed E-state index contributed by atoms with van der Waals surface area (Å²) in [5, 5.41) is 0. The summed E-state index contributed by atoms with van der Waals surface area (Å²) in [5.74, 6) is 0.975. The van der Waals surface area contributed by atoms with Gasteiger partial charge in [0.05, 0.1) is 5.41 Å². The average Bonchev–Trinajstić information content (AvgIpc) is 2.62. The topological polar surface area (TPSA) is 46.3 Å². The first-order valence-electron chi connectivity index (χ1n) is 7.74. The zero-order chi connectivity index (χ0) is 14.7. The van der Waals surface area contributed by atoms with Gasteiger partial charge in [0, 0.05) is 19.6 Å². The number of nitrogens with two attached hydrogens (primary N) is 1. The van der Waals surface area contributed by atoms with Crippen molar-refractivity contribution >= 4 is 5.91 Å². The van der Waals surface area contributed by atoms with Gasteiger partial charge in [0.2, 0.25) is 5.91 Å². The average molecular weight is 268 g/mol. The van der Waals surface area contributed by atoms with Gasteiger partial charge in [0.15, 0.2) is 0 Å². The van der Waals surface area contributed by atoms with E-state index in [1.54, 1.807) is 0 Å². The van der Waals surface area contributed by atoms with E-state index in [2.05, 4.69) is 32.6 Å². The van der Waals surface area contributed by atoms with Gasteiger partial charge in [-0.1, -0.05) is 27.7 Å². The number of amides is 1. The Hall–Kier alpha value is -0.570. The molecule has 2 atom stereocenters. The Bertz CT molecular complexity index is 302. The minimum atomic E-state index is -0.373. The van der Waals surface area contributed by atoms with Crippen LogP contribution in [0.2, 0.25) is 0 Å². The zero-order valence-corrected chi connectivity index (χ0v) is 13.5. The van der Waals surface area contributed by atoms with Crippen LogP contribution in [0.3, 0.4) is 0 Å². The van der Waals surface area contributed by atoms with Gasteiger partial charge in [-0.25, -0.2) is 0 Å². The zero-order valence-electron chi connectivity index (χ0n) is 13.5. The first-order valence-corrected chi connectivity index (χ1v) is 7.74. The molecule has 0 spiro atoms.